The van der Waals surface area contributed by atoms with E-state index < -0.39 is 0 Å². The summed E-state index contributed by atoms with van der Waals surface area (Å²) in [5.74, 6) is -0.206. The fourth-order valence-corrected chi connectivity index (χ4v) is 2.39. The number of halogens is 1. The van der Waals surface area contributed by atoms with E-state index in [0.717, 1.165) is 30.6 Å². The van der Waals surface area contributed by atoms with E-state index in [1.54, 1.807) is 12.1 Å². The van der Waals surface area contributed by atoms with Gasteiger partial charge in [-0.25, -0.2) is 4.39 Å². The third-order valence-corrected chi connectivity index (χ3v) is 3.42. The van der Waals surface area contributed by atoms with Crippen molar-refractivity contribution in [1.82, 2.24) is 15.1 Å². The minimum Gasteiger partial charge on any atom is -0.315 e. The summed E-state index contributed by atoms with van der Waals surface area (Å²) in [6.45, 7) is 2.08. The van der Waals surface area contributed by atoms with Crippen LogP contribution in [0.3, 0.4) is 0 Å². The van der Waals surface area contributed by atoms with E-state index in [0.29, 0.717) is 6.04 Å². The Morgan fingerprint density at radius 2 is 2.06 bits per heavy atom. The molecule has 1 fully saturated rings. The molecular weight excluding hydrogens is 229 g/mol. The highest BCUT2D eigenvalue weighted by Gasteiger charge is 2.15. The summed E-state index contributed by atoms with van der Waals surface area (Å²) in [7, 11) is 0. The SMILES string of the molecule is Fc1ccc(-c2cnn(C3CCCNC3)c2)cc1. The van der Waals surface area contributed by atoms with E-state index in [1.165, 1.54) is 18.6 Å². The molecule has 1 aromatic heterocycles. The number of hydrogen-bond acceptors (Lipinski definition) is 2. The zero-order valence-corrected chi connectivity index (χ0v) is 10.1. The maximum Gasteiger partial charge on any atom is 0.123 e. The van der Waals surface area contributed by atoms with Crippen molar-refractivity contribution in [3.63, 3.8) is 0 Å². The Hall–Kier alpha value is -1.68. The van der Waals surface area contributed by atoms with Crippen LogP contribution in [0.1, 0.15) is 18.9 Å². The lowest BCUT2D eigenvalue weighted by Gasteiger charge is -2.22. The van der Waals surface area contributed by atoms with Crippen molar-refractivity contribution in [3.05, 3.63) is 42.5 Å². The van der Waals surface area contributed by atoms with Crippen LogP contribution in [0.4, 0.5) is 4.39 Å². The molecule has 1 atom stereocenters. The second-order valence-corrected chi connectivity index (χ2v) is 4.72. The third kappa shape index (κ3) is 2.29. The van der Waals surface area contributed by atoms with Crippen LogP contribution < -0.4 is 5.32 Å². The Morgan fingerprint density at radius 1 is 1.22 bits per heavy atom. The molecular formula is C14H16FN3. The summed E-state index contributed by atoms with van der Waals surface area (Å²) in [6, 6.07) is 6.97. The average molecular weight is 245 g/mol. The molecule has 0 amide bonds. The number of hydrogen-bond donors (Lipinski definition) is 1. The predicted octanol–water partition coefficient (Wildman–Crippen LogP) is 2.61. The van der Waals surface area contributed by atoms with Gasteiger partial charge in [0.15, 0.2) is 0 Å². The number of nitrogens with zero attached hydrogens (tertiary/aromatic N) is 2. The van der Waals surface area contributed by atoms with Crippen LogP contribution in [0.25, 0.3) is 11.1 Å². The van der Waals surface area contributed by atoms with Crippen molar-refractivity contribution >= 4 is 0 Å². The van der Waals surface area contributed by atoms with Gasteiger partial charge in [0.25, 0.3) is 0 Å². The lowest BCUT2D eigenvalue weighted by molar-refractivity contribution is 0.347. The summed E-state index contributed by atoms with van der Waals surface area (Å²) in [5.41, 5.74) is 2.05. The largest absolute Gasteiger partial charge is 0.315 e. The predicted molar refractivity (Wildman–Crippen MR) is 68.8 cm³/mol. The van der Waals surface area contributed by atoms with Gasteiger partial charge in [-0.3, -0.25) is 4.68 Å². The van der Waals surface area contributed by atoms with E-state index in [1.807, 2.05) is 17.1 Å². The van der Waals surface area contributed by atoms with Gasteiger partial charge in [0, 0.05) is 18.3 Å². The van der Waals surface area contributed by atoms with Gasteiger partial charge in [0.05, 0.1) is 12.2 Å². The van der Waals surface area contributed by atoms with E-state index in [9.17, 15) is 4.39 Å². The van der Waals surface area contributed by atoms with Crippen LogP contribution in [0, 0.1) is 5.82 Å². The molecule has 1 unspecified atom stereocenters. The number of piperidine rings is 1. The smallest absolute Gasteiger partial charge is 0.123 e. The van der Waals surface area contributed by atoms with Crippen LogP contribution in [0.5, 0.6) is 0 Å². The Labute approximate surface area is 106 Å². The van der Waals surface area contributed by atoms with E-state index in [2.05, 4.69) is 10.4 Å². The minimum atomic E-state index is -0.206. The fraction of sp³-hybridized carbons (Fsp3) is 0.357. The highest BCUT2D eigenvalue weighted by atomic mass is 19.1. The second kappa shape index (κ2) is 4.90. The molecule has 2 aromatic rings. The van der Waals surface area contributed by atoms with Crippen molar-refractivity contribution in [2.75, 3.05) is 13.1 Å². The van der Waals surface area contributed by atoms with Gasteiger partial charge in [-0.2, -0.15) is 5.10 Å². The highest BCUT2D eigenvalue weighted by Crippen LogP contribution is 2.22. The molecule has 1 aliphatic rings. The lowest BCUT2D eigenvalue weighted by atomic mass is 10.1. The molecule has 4 heteroatoms. The summed E-state index contributed by atoms with van der Waals surface area (Å²) in [5, 5.41) is 7.80. The first-order valence-corrected chi connectivity index (χ1v) is 6.34. The fourth-order valence-electron chi connectivity index (χ4n) is 2.39. The van der Waals surface area contributed by atoms with Crippen LogP contribution >= 0.6 is 0 Å². The zero-order valence-electron chi connectivity index (χ0n) is 10.1. The third-order valence-electron chi connectivity index (χ3n) is 3.42. The summed E-state index contributed by atoms with van der Waals surface area (Å²) < 4.78 is 14.9. The number of nitrogens with one attached hydrogen (secondary N) is 1. The molecule has 0 bridgehead atoms. The van der Waals surface area contributed by atoms with Gasteiger partial charge >= 0.3 is 0 Å². The number of rotatable bonds is 2. The Balaban J connectivity index is 1.82. The second-order valence-electron chi connectivity index (χ2n) is 4.72. The maximum absolute atomic E-state index is 12.9. The highest BCUT2D eigenvalue weighted by molar-refractivity contribution is 5.61. The molecule has 0 radical (unpaired) electrons. The van der Waals surface area contributed by atoms with Gasteiger partial charge in [-0.05, 0) is 37.1 Å². The first-order valence-electron chi connectivity index (χ1n) is 6.34. The van der Waals surface area contributed by atoms with Gasteiger partial charge in [0.2, 0.25) is 0 Å². The van der Waals surface area contributed by atoms with E-state index >= 15 is 0 Å². The molecule has 94 valence electrons. The standard InChI is InChI=1S/C14H16FN3/c15-13-5-3-11(4-6-13)12-8-17-18(10-12)14-2-1-7-16-9-14/h3-6,8,10,14,16H,1-2,7,9H2. The topological polar surface area (TPSA) is 29.9 Å². The molecule has 2 heterocycles. The van der Waals surface area contributed by atoms with Crippen molar-refractivity contribution in [2.24, 2.45) is 0 Å². The van der Waals surface area contributed by atoms with Gasteiger partial charge < -0.3 is 5.32 Å². The Kier molecular flexibility index (Phi) is 3.11. The maximum atomic E-state index is 12.9. The molecule has 0 saturated carbocycles. The first-order chi connectivity index (χ1) is 8.83. The van der Waals surface area contributed by atoms with Crippen LogP contribution in [0.15, 0.2) is 36.7 Å². The molecule has 0 aliphatic carbocycles. The summed E-state index contributed by atoms with van der Waals surface area (Å²) >= 11 is 0. The van der Waals surface area contributed by atoms with Crippen molar-refractivity contribution in [2.45, 2.75) is 18.9 Å². The minimum absolute atomic E-state index is 0.206. The van der Waals surface area contributed by atoms with E-state index in [-0.39, 0.29) is 5.82 Å². The van der Waals surface area contributed by atoms with Crippen molar-refractivity contribution in [1.29, 1.82) is 0 Å². The van der Waals surface area contributed by atoms with Gasteiger partial charge in [-0.15, -0.1) is 0 Å². The lowest BCUT2D eigenvalue weighted by Crippen LogP contribution is -2.31. The first kappa shape index (κ1) is 11.4. The average Bonchev–Trinajstić information content (AvgIpc) is 2.90. The van der Waals surface area contributed by atoms with Gasteiger partial charge in [0.1, 0.15) is 5.82 Å². The quantitative estimate of drug-likeness (QED) is 0.881. The Morgan fingerprint density at radius 3 is 2.78 bits per heavy atom. The molecule has 0 spiro atoms. The van der Waals surface area contributed by atoms with Crippen molar-refractivity contribution < 1.29 is 4.39 Å². The molecule has 1 N–H and O–H groups in total. The van der Waals surface area contributed by atoms with Crippen LogP contribution in [0.2, 0.25) is 0 Å². The molecule has 1 aliphatic heterocycles. The molecule has 18 heavy (non-hydrogen) atoms. The monoisotopic (exact) mass is 245 g/mol. The summed E-state index contributed by atoms with van der Waals surface area (Å²) in [4.78, 5) is 0. The molecule has 3 nitrogen and oxygen atoms in total. The number of aromatic nitrogens is 2. The Bertz CT molecular complexity index is 512. The van der Waals surface area contributed by atoms with Crippen molar-refractivity contribution in [3.8, 4) is 11.1 Å². The number of benzene rings is 1. The molecule has 1 saturated heterocycles. The normalized spacial score (nSPS) is 19.9. The van der Waals surface area contributed by atoms with Gasteiger partial charge in [-0.1, -0.05) is 12.1 Å². The summed E-state index contributed by atoms with van der Waals surface area (Å²) in [6.07, 6.45) is 6.25. The van der Waals surface area contributed by atoms with Crippen LogP contribution in [-0.4, -0.2) is 22.9 Å². The molecule has 3 rings (SSSR count). The zero-order chi connectivity index (χ0) is 12.4. The van der Waals surface area contributed by atoms with E-state index in [4.69, 9.17) is 0 Å². The molecule has 1 aromatic carbocycles. The van der Waals surface area contributed by atoms with Crippen LogP contribution in [-0.2, 0) is 0 Å².